The largest absolute Gasteiger partial charge is 0.466 e. The molecule has 1 unspecified atom stereocenters. The number of carbonyl (C=O) groups excluding carboxylic acids is 1. The van der Waals surface area contributed by atoms with Crippen LogP contribution in [0.1, 0.15) is 39.0 Å². The molecule has 0 amide bonds. The number of hydrogen-bond donors (Lipinski definition) is 0. The Hall–Kier alpha value is -2.27. The smallest absolute Gasteiger partial charge is 0.306 e. The number of hydroxylamine groups is 2. The highest BCUT2D eigenvalue weighted by Gasteiger charge is 2.75. The van der Waals surface area contributed by atoms with Gasteiger partial charge in [-0.15, -0.1) is 0 Å². The Balaban J connectivity index is 1.61. The Bertz CT molecular complexity index is 1310. The number of hydrogen-bond acceptors (Lipinski definition) is 8. The van der Waals surface area contributed by atoms with Gasteiger partial charge in [0.05, 0.1) is 28.4 Å². The molecule has 2 heterocycles. The fourth-order valence-electron chi connectivity index (χ4n) is 6.13. The van der Waals surface area contributed by atoms with E-state index in [1.165, 1.54) is 24.3 Å². The number of rotatable bonds is 7. The molecule has 0 aromatic heterocycles. The second-order valence-electron chi connectivity index (χ2n) is 9.51. The van der Waals surface area contributed by atoms with Gasteiger partial charge in [0, 0.05) is 13.0 Å². The number of benzene rings is 2. The predicted octanol–water partition coefficient (Wildman–Crippen LogP) is 3.14. The molecule has 2 saturated heterocycles. The molecule has 2 aromatic carbocycles. The van der Waals surface area contributed by atoms with Crippen LogP contribution in [0.4, 0.5) is 0 Å². The van der Waals surface area contributed by atoms with Crippen molar-refractivity contribution in [2.45, 2.75) is 64.5 Å². The van der Waals surface area contributed by atoms with Gasteiger partial charge in [-0.25, -0.2) is 16.8 Å². The van der Waals surface area contributed by atoms with Crippen LogP contribution in [-0.2, 0) is 34.0 Å². The van der Waals surface area contributed by atoms with E-state index >= 15 is 0 Å². The van der Waals surface area contributed by atoms with E-state index < -0.39 is 35.4 Å². The SMILES string of the molecule is CCOC(=O)C[C@@H]1CCC[C@@]12C[C@]1(S(=O)(=O)c3ccccc3)ON2C[C@@H]1S(=O)(=O)c1ccccc1. The van der Waals surface area contributed by atoms with Gasteiger partial charge in [-0.05, 0) is 49.9 Å². The van der Waals surface area contributed by atoms with Gasteiger partial charge in [0.2, 0.25) is 14.8 Å². The van der Waals surface area contributed by atoms with Gasteiger partial charge in [-0.2, -0.15) is 5.06 Å². The van der Waals surface area contributed by atoms with Crippen molar-refractivity contribution in [2.75, 3.05) is 13.2 Å². The minimum absolute atomic E-state index is 0.0158. The summed E-state index contributed by atoms with van der Waals surface area (Å²) in [6, 6.07) is 15.8. The van der Waals surface area contributed by atoms with Gasteiger partial charge in [-0.1, -0.05) is 42.8 Å². The van der Waals surface area contributed by atoms with Crippen LogP contribution < -0.4 is 0 Å². The van der Waals surface area contributed by atoms with Crippen LogP contribution in [0.5, 0.6) is 0 Å². The molecule has 8 nitrogen and oxygen atoms in total. The third-order valence-corrected chi connectivity index (χ3v) is 12.4. The molecule has 0 N–H and O–H groups in total. The Morgan fingerprint density at radius 1 is 1.03 bits per heavy atom. The second kappa shape index (κ2) is 8.69. The number of nitrogens with zero attached hydrogens (tertiary/aromatic N) is 1. The van der Waals surface area contributed by atoms with Crippen LogP contribution >= 0.6 is 0 Å². The molecule has 2 aliphatic heterocycles. The van der Waals surface area contributed by atoms with E-state index in [1.807, 2.05) is 0 Å². The molecule has 1 aliphatic carbocycles. The lowest BCUT2D eigenvalue weighted by atomic mass is 9.78. The molecule has 1 spiro atoms. The molecule has 35 heavy (non-hydrogen) atoms. The topological polar surface area (TPSA) is 107 Å². The second-order valence-corrected chi connectivity index (χ2v) is 13.8. The number of esters is 1. The van der Waals surface area contributed by atoms with Crippen molar-refractivity contribution < 1.29 is 31.2 Å². The van der Waals surface area contributed by atoms with E-state index in [0.29, 0.717) is 6.42 Å². The summed E-state index contributed by atoms with van der Waals surface area (Å²) in [5.74, 6) is -0.522. The zero-order valence-electron chi connectivity index (χ0n) is 19.5. The first-order valence-corrected chi connectivity index (χ1v) is 14.9. The molecule has 1 saturated carbocycles. The first-order chi connectivity index (χ1) is 16.7. The van der Waals surface area contributed by atoms with Gasteiger partial charge in [0.25, 0.3) is 0 Å². The molecular formula is C25H29NO7S2. The van der Waals surface area contributed by atoms with Crippen molar-refractivity contribution in [1.82, 2.24) is 5.06 Å². The molecule has 2 bridgehead atoms. The van der Waals surface area contributed by atoms with Gasteiger partial charge >= 0.3 is 5.97 Å². The Morgan fingerprint density at radius 3 is 2.29 bits per heavy atom. The summed E-state index contributed by atoms with van der Waals surface area (Å²) in [6.07, 6.45) is 2.27. The van der Waals surface area contributed by atoms with Crippen LogP contribution in [0, 0.1) is 5.92 Å². The minimum Gasteiger partial charge on any atom is -0.466 e. The Morgan fingerprint density at radius 2 is 1.66 bits per heavy atom. The minimum atomic E-state index is -4.23. The van der Waals surface area contributed by atoms with Crippen LogP contribution in [0.25, 0.3) is 0 Å². The van der Waals surface area contributed by atoms with Gasteiger partial charge < -0.3 is 4.74 Å². The molecule has 2 aromatic rings. The van der Waals surface area contributed by atoms with Crippen LogP contribution in [0.15, 0.2) is 70.5 Å². The van der Waals surface area contributed by atoms with Gasteiger partial charge in [0.1, 0.15) is 5.25 Å². The third kappa shape index (κ3) is 3.64. The highest BCUT2D eigenvalue weighted by Crippen LogP contribution is 2.61. The fourth-order valence-corrected chi connectivity index (χ4v) is 10.7. The maximum atomic E-state index is 14.2. The lowest BCUT2D eigenvalue weighted by Gasteiger charge is -2.41. The van der Waals surface area contributed by atoms with E-state index in [1.54, 1.807) is 48.4 Å². The summed E-state index contributed by atoms with van der Waals surface area (Å²) in [6.45, 7) is 1.93. The highest BCUT2D eigenvalue weighted by molar-refractivity contribution is 7.96. The Kier molecular flexibility index (Phi) is 6.06. The zero-order chi connectivity index (χ0) is 24.9. The Labute approximate surface area is 206 Å². The number of carbonyl (C=O) groups is 1. The molecule has 3 aliphatic rings. The van der Waals surface area contributed by atoms with Crippen LogP contribution in [0.3, 0.4) is 0 Å². The quantitative estimate of drug-likeness (QED) is 0.514. The molecule has 3 fully saturated rings. The van der Waals surface area contributed by atoms with Crippen molar-refractivity contribution in [2.24, 2.45) is 5.92 Å². The maximum absolute atomic E-state index is 14.2. The van der Waals surface area contributed by atoms with Crippen molar-refractivity contribution in [3.63, 3.8) is 0 Å². The molecule has 5 atom stereocenters. The standard InChI is InChI=1S/C25H29NO7S2/c1-2-32-23(27)16-19-10-9-15-24(19)18-25(35(30,31)21-13-7-4-8-14-21)22(17-26(24)33-25)34(28,29)20-11-5-3-6-12-20/h3-8,11-14,19,22H,2,9-10,15-18H2,1H3/t19-,22-,24+,25+/m0/s1. The monoisotopic (exact) mass is 519 g/mol. The van der Waals surface area contributed by atoms with Crippen LogP contribution in [-0.4, -0.2) is 56.7 Å². The van der Waals surface area contributed by atoms with Gasteiger partial charge in [0.15, 0.2) is 9.84 Å². The van der Waals surface area contributed by atoms with Crippen molar-refractivity contribution in [3.05, 3.63) is 60.7 Å². The van der Waals surface area contributed by atoms with E-state index in [-0.39, 0.29) is 47.7 Å². The first kappa shape index (κ1) is 24.4. The summed E-state index contributed by atoms with van der Waals surface area (Å²) in [5, 5.41) is 0.271. The summed E-state index contributed by atoms with van der Waals surface area (Å²) in [5.41, 5.74) is -0.739. The van der Waals surface area contributed by atoms with Crippen LogP contribution in [0.2, 0.25) is 0 Å². The van der Waals surface area contributed by atoms with Crippen molar-refractivity contribution in [1.29, 1.82) is 0 Å². The van der Waals surface area contributed by atoms with Crippen molar-refractivity contribution >= 4 is 25.6 Å². The van der Waals surface area contributed by atoms with E-state index in [0.717, 1.165) is 12.8 Å². The molecular weight excluding hydrogens is 490 g/mol. The van der Waals surface area contributed by atoms with Crippen molar-refractivity contribution in [3.8, 4) is 0 Å². The lowest BCUT2D eigenvalue weighted by molar-refractivity contribution is -0.166. The average molecular weight is 520 g/mol. The van der Waals surface area contributed by atoms with E-state index in [4.69, 9.17) is 9.57 Å². The average Bonchev–Trinajstić information content (AvgIpc) is 3.54. The normalized spacial score (nSPS) is 32.2. The molecule has 10 heteroatoms. The van der Waals surface area contributed by atoms with E-state index in [9.17, 15) is 21.6 Å². The number of ether oxygens (including phenoxy) is 1. The molecule has 5 rings (SSSR count). The maximum Gasteiger partial charge on any atom is 0.306 e. The number of fused-ring (bicyclic) bond motifs is 3. The summed E-state index contributed by atoms with van der Waals surface area (Å²) < 4.78 is 61.1. The zero-order valence-corrected chi connectivity index (χ0v) is 21.1. The summed E-state index contributed by atoms with van der Waals surface area (Å²) >= 11 is 0. The first-order valence-electron chi connectivity index (χ1n) is 11.9. The fraction of sp³-hybridized carbons (Fsp3) is 0.480. The molecule has 0 radical (unpaired) electrons. The highest BCUT2D eigenvalue weighted by atomic mass is 32.2. The summed E-state index contributed by atoms with van der Waals surface area (Å²) in [7, 11) is -8.29. The lowest BCUT2D eigenvalue weighted by Crippen LogP contribution is -2.58. The van der Waals surface area contributed by atoms with Gasteiger partial charge in [-0.3, -0.25) is 9.63 Å². The predicted molar refractivity (Wildman–Crippen MR) is 128 cm³/mol. The summed E-state index contributed by atoms with van der Waals surface area (Å²) in [4.78, 5) is 16.7. The third-order valence-electron chi connectivity index (χ3n) is 7.73. The molecule has 188 valence electrons. The number of piperidine rings is 1. The van der Waals surface area contributed by atoms with E-state index in [2.05, 4.69) is 0 Å². The number of sulfone groups is 2.